The van der Waals surface area contributed by atoms with Crippen LogP contribution >= 0.6 is 23.4 Å². The molecule has 0 saturated carbocycles. The summed E-state index contributed by atoms with van der Waals surface area (Å²) in [4.78, 5) is 12.5. The molecule has 1 fully saturated rings. The fraction of sp³-hybridized carbons (Fsp3) is 0.417. The predicted octanol–water partition coefficient (Wildman–Crippen LogP) is 1.32. The molecule has 1 atom stereocenters. The summed E-state index contributed by atoms with van der Waals surface area (Å²) in [5.41, 5.74) is 6.32. The van der Waals surface area contributed by atoms with Gasteiger partial charge >= 0.3 is 0 Å². The van der Waals surface area contributed by atoms with Crippen molar-refractivity contribution >= 4 is 44.8 Å². The highest BCUT2D eigenvalue weighted by molar-refractivity contribution is 8.00. The highest BCUT2D eigenvalue weighted by Gasteiger charge is 2.28. The Morgan fingerprint density at radius 1 is 1.50 bits per heavy atom. The fourth-order valence-electron chi connectivity index (χ4n) is 1.99. The summed E-state index contributed by atoms with van der Waals surface area (Å²) >= 11 is 7.26. The Morgan fingerprint density at radius 3 is 2.85 bits per heavy atom. The average molecular weight is 335 g/mol. The third-order valence-electron chi connectivity index (χ3n) is 2.94. The maximum absolute atomic E-state index is 11.8. The maximum atomic E-state index is 11.8. The second-order valence-corrected chi connectivity index (χ2v) is 8.24. The largest absolute Gasteiger partial charge is 0.398 e. The van der Waals surface area contributed by atoms with Gasteiger partial charge < -0.3 is 11.1 Å². The average Bonchev–Trinajstić information content (AvgIpc) is 2.68. The van der Waals surface area contributed by atoms with Crippen molar-refractivity contribution in [2.24, 2.45) is 0 Å². The Hall–Kier alpha value is -0.920. The van der Waals surface area contributed by atoms with Crippen LogP contribution in [0.5, 0.6) is 0 Å². The van der Waals surface area contributed by atoms with Gasteiger partial charge in [0.2, 0.25) is 5.91 Å². The quantitative estimate of drug-likeness (QED) is 0.640. The van der Waals surface area contributed by atoms with E-state index in [0.717, 1.165) is 0 Å². The standard InChI is InChI=1S/C12H15ClN2O3S2/c13-9-2-1-3-10(14)12(9)19-6-11(16)15-8-4-5-20(17,18)7-8/h1-3,8H,4-7,14H2,(H,15,16). The molecule has 0 aliphatic carbocycles. The van der Waals surface area contributed by atoms with Gasteiger partial charge in [0, 0.05) is 16.6 Å². The van der Waals surface area contributed by atoms with Crippen LogP contribution in [0.15, 0.2) is 23.1 Å². The van der Waals surface area contributed by atoms with E-state index in [1.807, 2.05) is 0 Å². The summed E-state index contributed by atoms with van der Waals surface area (Å²) in [6, 6.07) is 4.89. The van der Waals surface area contributed by atoms with Gasteiger partial charge in [-0.2, -0.15) is 0 Å². The van der Waals surface area contributed by atoms with Gasteiger partial charge in [-0.1, -0.05) is 17.7 Å². The van der Waals surface area contributed by atoms with Crippen LogP contribution in [0.1, 0.15) is 6.42 Å². The first-order chi connectivity index (χ1) is 9.37. The Bertz CT molecular complexity index is 599. The van der Waals surface area contributed by atoms with Crippen molar-refractivity contribution in [1.82, 2.24) is 5.32 Å². The second-order valence-electron chi connectivity index (χ2n) is 4.61. The molecule has 0 spiro atoms. The van der Waals surface area contributed by atoms with Crippen LogP contribution in [0.4, 0.5) is 5.69 Å². The number of thioether (sulfide) groups is 1. The summed E-state index contributed by atoms with van der Waals surface area (Å²) in [5.74, 6) is 0.112. The lowest BCUT2D eigenvalue weighted by atomic mass is 10.3. The molecule has 5 nitrogen and oxygen atoms in total. The molecule has 1 aromatic rings. The van der Waals surface area contributed by atoms with Crippen LogP contribution in [-0.4, -0.2) is 37.6 Å². The minimum absolute atomic E-state index is 0.0254. The van der Waals surface area contributed by atoms with Crippen LogP contribution in [0.2, 0.25) is 5.02 Å². The topological polar surface area (TPSA) is 89.3 Å². The molecule has 8 heteroatoms. The monoisotopic (exact) mass is 334 g/mol. The van der Waals surface area contributed by atoms with Gasteiger partial charge in [0.15, 0.2) is 9.84 Å². The van der Waals surface area contributed by atoms with Gasteiger partial charge in [-0.05, 0) is 18.6 Å². The van der Waals surface area contributed by atoms with Gasteiger partial charge in [0.1, 0.15) is 0 Å². The molecule has 1 aromatic carbocycles. The van der Waals surface area contributed by atoms with Crippen molar-refractivity contribution in [3.05, 3.63) is 23.2 Å². The van der Waals surface area contributed by atoms with Crippen LogP contribution in [-0.2, 0) is 14.6 Å². The van der Waals surface area contributed by atoms with Crippen molar-refractivity contribution < 1.29 is 13.2 Å². The number of sulfone groups is 1. The predicted molar refractivity (Wildman–Crippen MR) is 81.8 cm³/mol. The van der Waals surface area contributed by atoms with Gasteiger partial charge in [0.05, 0.1) is 22.3 Å². The number of carbonyl (C=O) groups excluding carboxylic acids is 1. The van der Waals surface area contributed by atoms with Gasteiger partial charge in [-0.15, -0.1) is 11.8 Å². The van der Waals surface area contributed by atoms with Crippen LogP contribution < -0.4 is 11.1 Å². The molecule has 1 amide bonds. The number of nitrogens with one attached hydrogen (secondary N) is 1. The van der Waals surface area contributed by atoms with Crippen molar-refractivity contribution in [1.29, 1.82) is 0 Å². The number of halogens is 1. The third-order valence-corrected chi connectivity index (χ3v) is 6.29. The molecule has 110 valence electrons. The normalized spacial score (nSPS) is 20.8. The van der Waals surface area contributed by atoms with Gasteiger partial charge in [-0.3, -0.25) is 4.79 Å². The van der Waals surface area contributed by atoms with Crippen molar-refractivity contribution in [3.8, 4) is 0 Å². The minimum atomic E-state index is -2.98. The Labute approximate surface area is 127 Å². The molecule has 20 heavy (non-hydrogen) atoms. The van der Waals surface area contributed by atoms with Crippen molar-refractivity contribution in [2.45, 2.75) is 17.4 Å². The summed E-state index contributed by atoms with van der Waals surface area (Å²) in [6.07, 6.45) is 0.479. The SMILES string of the molecule is Nc1cccc(Cl)c1SCC(=O)NC1CCS(=O)(=O)C1. The van der Waals surface area contributed by atoms with E-state index in [1.54, 1.807) is 18.2 Å². The van der Waals surface area contributed by atoms with Crippen LogP contribution in [0, 0.1) is 0 Å². The first kappa shape index (κ1) is 15.5. The highest BCUT2D eigenvalue weighted by atomic mass is 35.5. The third kappa shape index (κ3) is 4.04. The van der Waals surface area contributed by atoms with Crippen LogP contribution in [0.3, 0.4) is 0 Å². The molecule has 1 heterocycles. The molecular formula is C12H15ClN2O3S2. The number of nitrogens with two attached hydrogens (primary N) is 1. The number of carbonyl (C=O) groups is 1. The summed E-state index contributed by atoms with van der Waals surface area (Å²) < 4.78 is 22.6. The molecule has 3 N–H and O–H groups in total. The number of hydrogen-bond acceptors (Lipinski definition) is 5. The number of amides is 1. The van der Waals surface area contributed by atoms with E-state index in [9.17, 15) is 13.2 Å². The number of rotatable bonds is 4. The molecule has 1 aliphatic rings. The molecule has 1 aliphatic heterocycles. The zero-order valence-corrected chi connectivity index (χ0v) is 13.0. The van der Waals surface area contributed by atoms with E-state index >= 15 is 0 Å². The van der Waals surface area contributed by atoms with E-state index in [1.165, 1.54) is 11.8 Å². The molecular weight excluding hydrogens is 320 g/mol. The second kappa shape index (κ2) is 6.24. The zero-order valence-electron chi connectivity index (χ0n) is 10.6. The Balaban J connectivity index is 1.87. The lowest BCUT2D eigenvalue weighted by Crippen LogP contribution is -2.36. The summed E-state index contributed by atoms with van der Waals surface area (Å²) in [5, 5.41) is 3.23. The molecule has 0 bridgehead atoms. The fourth-order valence-corrected chi connectivity index (χ4v) is 4.81. The van der Waals surface area contributed by atoms with E-state index in [0.29, 0.717) is 22.0 Å². The first-order valence-corrected chi connectivity index (χ1v) is 9.22. The number of nitrogen functional groups attached to an aromatic ring is 1. The van der Waals surface area contributed by atoms with Gasteiger partial charge in [-0.25, -0.2) is 8.42 Å². The molecule has 1 saturated heterocycles. The molecule has 2 rings (SSSR count). The van der Waals surface area contributed by atoms with Crippen LogP contribution in [0.25, 0.3) is 0 Å². The molecule has 1 unspecified atom stereocenters. The summed E-state index contributed by atoms with van der Waals surface area (Å²) in [6.45, 7) is 0. The zero-order chi connectivity index (χ0) is 14.8. The van der Waals surface area contributed by atoms with E-state index < -0.39 is 9.84 Å². The number of benzene rings is 1. The number of anilines is 1. The molecule has 0 radical (unpaired) electrons. The maximum Gasteiger partial charge on any atom is 0.230 e. The minimum Gasteiger partial charge on any atom is -0.398 e. The molecule has 0 aromatic heterocycles. The lowest BCUT2D eigenvalue weighted by molar-refractivity contribution is -0.119. The van der Waals surface area contributed by atoms with Crippen molar-refractivity contribution in [2.75, 3.05) is 23.0 Å². The first-order valence-electron chi connectivity index (χ1n) is 6.04. The van der Waals surface area contributed by atoms with Crippen molar-refractivity contribution in [3.63, 3.8) is 0 Å². The Kier molecular flexibility index (Phi) is 4.82. The lowest BCUT2D eigenvalue weighted by Gasteiger charge is -2.11. The highest BCUT2D eigenvalue weighted by Crippen LogP contribution is 2.32. The smallest absolute Gasteiger partial charge is 0.230 e. The van der Waals surface area contributed by atoms with Gasteiger partial charge in [0.25, 0.3) is 0 Å². The number of hydrogen-bond donors (Lipinski definition) is 2. The van der Waals surface area contributed by atoms with E-state index in [2.05, 4.69) is 5.32 Å². The van der Waals surface area contributed by atoms with E-state index in [-0.39, 0.29) is 29.2 Å². The Morgan fingerprint density at radius 2 is 2.25 bits per heavy atom. The van der Waals surface area contributed by atoms with E-state index in [4.69, 9.17) is 17.3 Å². The summed E-state index contributed by atoms with van der Waals surface area (Å²) in [7, 11) is -2.98.